The minimum atomic E-state index is -5.14. The molecule has 19 heteroatoms. The van der Waals surface area contributed by atoms with Crippen molar-refractivity contribution in [3.05, 3.63) is 114 Å². The van der Waals surface area contributed by atoms with Crippen LogP contribution < -0.4 is 13.7 Å². The second-order valence-electron chi connectivity index (χ2n) is 10.3. The molecule has 0 aliphatic heterocycles. The first-order valence-electron chi connectivity index (χ1n) is 14.3. The number of aryl methyl sites for hydroxylation is 1. The van der Waals surface area contributed by atoms with Crippen molar-refractivity contribution in [1.29, 1.82) is 0 Å². The summed E-state index contributed by atoms with van der Waals surface area (Å²) in [5.74, 6) is 0.101. The number of nitrogens with zero attached hydrogens (tertiary/aromatic N) is 2. The zero-order valence-corrected chi connectivity index (χ0v) is 27.7. The van der Waals surface area contributed by atoms with Crippen LogP contribution in [0.3, 0.4) is 0 Å². The predicted octanol–water partition coefficient (Wildman–Crippen LogP) is 7.02. The fourth-order valence-corrected chi connectivity index (χ4v) is 5.73. The molecule has 0 spiro atoms. The quantitative estimate of drug-likeness (QED) is 0.0357. The van der Waals surface area contributed by atoms with E-state index in [9.17, 15) is 43.2 Å². The molecule has 4 aromatic rings. The maximum atomic E-state index is 13.8. The lowest BCUT2D eigenvalue weighted by atomic mass is 10.1. The van der Waals surface area contributed by atoms with Crippen LogP contribution in [0, 0.1) is 6.92 Å². The van der Waals surface area contributed by atoms with Gasteiger partial charge in [0.05, 0.1) is 13.2 Å². The molecular formula is C32H26F6N2O9S2. The van der Waals surface area contributed by atoms with Gasteiger partial charge in [-0.2, -0.15) is 43.2 Å². The number of rotatable bonds is 14. The highest BCUT2D eigenvalue weighted by molar-refractivity contribution is 7.87. The van der Waals surface area contributed by atoms with Crippen molar-refractivity contribution in [2.75, 3.05) is 13.2 Å². The molecule has 51 heavy (non-hydrogen) atoms. The van der Waals surface area contributed by atoms with Crippen LogP contribution in [-0.2, 0) is 24.5 Å². The smallest absolute Gasteiger partial charge is 0.437 e. The molecular weight excluding hydrogens is 734 g/mol. The monoisotopic (exact) mass is 760 g/mol. The third-order valence-corrected chi connectivity index (χ3v) is 8.96. The number of alkyl halides is 6. The van der Waals surface area contributed by atoms with E-state index in [0.717, 1.165) is 54.1 Å². The summed E-state index contributed by atoms with van der Waals surface area (Å²) in [6.07, 6.45) is -9.73. The van der Waals surface area contributed by atoms with Gasteiger partial charge in [-0.3, -0.25) is 4.28 Å². The summed E-state index contributed by atoms with van der Waals surface area (Å²) >= 11 is 0. The van der Waals surface area contributed by atoms with E-state index in [1.807, 2.05) is 0 Å². The molecule has 0 amide bonds. The van der Waals surface area contributed by atoms with Gasteiger partial charge >= 0.3 is 32.6 Å². The lowest BCUT2D eigenvalue weighted by Crippen LogP contribution is -2.25. The third kappa shape index (κ3) is 10.6. The Morgan fingerprint density at radius 1 is 0.608 bits per heavy atom. The Morgan fingerprint density at radius 2 is 1.02 bits per heavy atom. The van der Waals surface area contributed by atoms with Gasteiger partial charge in [-0.05, 0) is 91.9 Å². The summed E-state index contributed by atoms with van der Waals surface area (Å²) in [6, 6.07) is 18.3. The van der Waals surface area contributed by atoms with Crippen LogP contribution in [0.4, 0.5) is 26.3 Å². The summed E-state index contributed by atoms with van der Waals surface area (Å²) in [5, 5.41) is 13.8. The molecule has 0 atom stereocenters. The van der Waals surface area contributed by atoms with Crippen LogP contribution in [0.2, 0.25) is 0 Å². The Balaban J connectivity index is 1.32. The van der Waals surface area contributed by atoms with Gasteiger partial charge in [-0.1, -0.05) is 28.0 Å². The van der Waals surface area contributed by atoms with E-state index in [2.05, 4.69) is 14.6 Å². The van der Waals surface area contributed by atoms with Crippen molar-refractivity contribution in [2.45, 2.75) is 35.5 Å². The van der Waals surface area contributed by atoms with Gasteiger partial charge in [0.1, 0.15) is 27.0 Å². The van der Waals surface area contributed by atoms with E-state index in [-0.39, 0.29) is 47.3 Å². The van der Waals surface area contributed by atoms with Crippen molar-refractivity contribution < 1.29 is 66.3 Å². The molecule has 0 aliphatic carbocycles. The van der Waals surface area contributed by atoms with Crippen molar-refractivity contribution in [2.24, 2.45) is 10.3 Å². The van der Waals surface area contributed by atoms with Gasteiger partial charge in [0.15, 0.2) is 11.4 Å². The number of oxime groups is 2. The number of hydrogen-bond donors (Lipinski definition) is 1. The molecule has 0 heterocycles. The summed E-state index contributed by atoms with van der Waals surface area (Å²) in [5.41, 5.74) is -3.26. The maximum absolute atomic E-state index is 13.8. The second-order valence-corrected chi connectivity index (χ2v) is 13.4. The van der Waals surface area contributed by atoms with Gasteiger partial charge in [0.25, 0.3) is 0 Å². The van der Waals surface area contributed by atoms with Gasteiger partial charge in [-0.15, -0.1) is 0 Å². The van der Waals surface area contributed by atoms with Crippen molar-refractivity contribution >= 4 is 31.7 Å². The van der Waals surface area contributed by atoms with E-state index in [4.69, 9.17) is 18.9 Å². The Labute approximate surface area is 287 Å². The van der Waals surface area contributed by atoms with Crippen LogP contribution in [0.15, 0.2) is 117 Å². The molecule has 0 bridgehead atoms. The van der Waals surface area contributed by atoms with Crippen molar-refractivity contribution in [1.82, 2.24) is 0 Å². The van der Waals surface area contributed by atoms with Gasteiger partial charge < -0.3 is 18.9 Å². The van der Waals surface area contributed by atoms with E-state index >= 15 is 0 Å². The van der Waals surface area contributed by atoms with Crippen molar-refractivity contribution in [3.63, 3.8) is 0 Å². The average Bonchev–Trinajstić information content (AvgIpc) is 3.05. The van der Waals surface area contributed by atoms with E-state index in [1.165, 1.54) is 36.4 Å². The second kappa shape index (κ2) is 15.7. The van der Waals surface area contributed by atoms with Crippen LogP contribution in [0.25, 0.3) is 0 Å². The molecule has 0 unspecified atom stereocenters. The molecule has 11 nitrogen and oxygen atoms in total. The Bertz CT molecular complexity index is 2070. The molecule has 272 valence electrons. The first kappa shape index (κ1) is 38.5. The Kier molecular flexibility index (Phi) is 11.9. The number of ether oxygens (including phenoxy) is 2. The molecule has 0 radical (unpaired) electrons. The molecule has 0 fully saturated rings. The first-order valence-corrected chi connectivity index (χ1v) is 17.2. The minimum Gasteiger partial charge on any atom is -0.493 e. The standard InChI is InChI=1S/C32H26F6N2O9S2/c1-21-3-15-27(16-4-21)50(42,43)48-26-13-17-28(18-14-26)51(44,45)49-40-30(32(36,37)38)23-7-11-25(12-8-23)47-20-2-19-46-24-9-5-22(6-10-24)29(39-41)31(33,34)35/h3-18,41H,2,19-20H2,1H3. The summed E-state index contributed by atoms with van der Waals surface area (Å²) in [6.45, 7) is 1.86. The van der Waals surface area contributed by atoms with Crippen LogP contribution in [-0.4, -0.2) is 59.0 Å². The number of halogens is 6. The van der Waals surface area contributed by atoms with Gasteiger partial charge in [-0.25, -0.2) is 0 Å². The highest BCUT2D eigenvalue weighted by Crippen LogP contribution is 2.27. The van der Waals surface area contributed by atoms with Crippen LogP contribution in [0.1, 0.15) is 23.1 Å². The number of benzene rings is 4. The zero-order chi connectivity index (χ0) is 37.5. The molecule has 1 N–H and O–H groups in total. The minimum absolute atomic E-state index is 0.0378. The maximum Gasteiger partial charge on any atom is 0.437 e. The fourth-order valence-electron chi connectivity index (χ4n) is 4.07. The number of hydrogen-bond acceptors (Lipinski definition) is 11. The van der Waals surface area contributed by atoms with Crippen LogP contribution in [0.5, 0.6) is 17.2 Å². The highest BCUT2D eigenvalue weighted by atomic mass is 32.2. The molecule has 4 aromatic carbocycles. The average molecular weight is 761 g/mol. The van der Waals surface area contributed by atoms with Crippen molar-refractivity contribution in [3.8, 4) is 17.2 Å². The molecule has 0 aliphatic rings. The normalized spacial score (nSPS) is 13.1. The van der Waals surface area contributed by atoms with E-state index in [0.29, 0.717) is 0 Å². The van der Waals surface area contributed by atoms with Gasteiger partial charge in [0.2, 0.25) is 0 Å². The Morgan fingerprint density at radius 3 is 1.47 bits per heavy atom. The highest BCUT2D eigenvalue weighted by Gasteiger charge is 2.39. The van der Waals surface area contributed by atoms with Crippen LogP contribution >= 0.6 is 0 Å². The molecule has 0 saturated carbocycles. The topological polar surface area (TPSA) is 150 Å². The third-order valence-electron chi connectivity index (χ3n) is 6.57. The molecule has 0 saturated heterocycles. The van der Waals surface area contributed by atoms with E-state index < -0.39 is 54.5 Å². The fraction of sp³-hybridized carbons (Fsp3) is 0.188. The zero-order valence-electron chi connectivity index (χ0n) is 26.1. The lowest BCUT2D eigenvalue weighted by Gasteiger charge is -2.12. The SMILES string of the molecule is Cc1ccc(S(=O)(=O)Oc2ccc(S(=O)(=O)ON=C(c3ccc(OCCCOc4ccc(C(=NO)C(F)(F)F)cc4)cc3)C(F)(F)F)cc2)cc1. The summed E-state index contributed by atoms with van der Waals surface area (Å²) in [4.78, 5) is -0.788. The molecule has 0 aromatic heterocycles. The molecule has 4 rings (SSSR count). The Hall–Kier alpha value is -5.30. The first-order chi connectivity index (χ1) is 23.9. The summed E-state index contributed by atoms with van der Waals surface area (Å²) in [7, 11) is -9.14. The lowest BCUT2D eigenvalue weighted by molar-refractivity contribution is -0.0608. The van der Waals surface area contributed by atoms with E-state index in [1.54, 1.807) is 19.1 Å². The predicted molar refractivity (Wildman–Crippen MR) is 169 cm³/mol. The largest absolute Gasteiger partial charge is 0.493 e. The van der Waals surface area contributed by atoms with Gasteiger partial charge in [0, 0.05) is 17.5 Å². The summed E-state index contributed by atoms with van der Waals surface area (Å²) < 4.78 is 150.